The molecule has 82 valence electrons. The first-order valence-electron chi connectivity index (χ1n) is 5.34. The highest BCUT2D eigenvalue weighted by molar-refractivity contribution is 5.10. The van der Waals surface area contributed by atoms with Gasteiger partial charge in [0.15, 0.2) is 0 Å². The topological polar surface area (TPSA) is 50.9 Å². The van der Waals surface area contributed by atoms with Crippen LogP contribution >= 0.6 is 0 Å². The minimum atomic E-state index is -0.729. The summed E-state index contributed by atoms with van der Waals surface area (Å²) in [5.74, 6) is 1.40. The summed E-state index contributed by atoms with van der Waals surface area (Å²) in [6.07, 6.45) is 7.90. The number of aliphatic hydroxyl groups is 1. The Morgan fingerprint density at radius 3 is 3.00 bits per heavy atom. The molecule has 4 nitrogen and oxygen atoms in total. The van der Waals surface area contributed by atoms with Crippen LogP contribution in [0.4, 0.5) is 0 Å². The van der Waals surface area contributed by atoms with E-state index in [1.807, 2.05) is 13.1 Å². The highest BCUT2D eigenvalue weighted by Crippen LogP contribution is 2.27. The van der Waals surface area contributed by atoms with Gasteiger partial charge in [0.05, 0.1) is 5.60 Å². The number of rotatable bonds is 2. The van der Waals surface area contributed by atoms with E-state index in [0.29, 0.717) is 12.3 Å². The summed E-state index contributed by atoms with van der Waals surface area (Å²) in [5.41, 5.74) is -0.729. The Morgan fingerprint density at radius 2 is 2.47 bits per heavy atom. The van der Waals surface area contributed by atoms with Crippen molar-refractivity contribution in [2.75, 3.05) is 0 Å². The largest absolute Gasteiger partial charge is 0.385 e. The molecule has 1 aromatic rings. The van der Waals surface area contributed by atoms with E-state index in [9.17, 15) is 5.11 Å². The lowest BCUT2D eigenvalue weighted by Gasteiger charge is -2.29. The van der Waals surface area contributed by atoms with E-state index in [1.165, 1.54) is 6.33 Å². The molecular formula is C11H17N3O. The number of aryl methyl sites for hydroxylation is 1. The molecule has 0 saturated carbocycles. The van der Waals surface area contributed by atoms with Gasteiger partial charge in [0.25, 0.3) is 0 Å². The van der Waals surface area contributed by atoms with Gasteiger partial charge >= 0.3 is 0 Å². The van der Waals surface area contributed by atoms with Gasteiger partial charge in [-0.2, -0.15) is 5.10 Å². The number of aromatic nitrogens is 3. The monoisotopic (exact) mass is 207 g/mol. The van der Waals surface area contributed by atoms with Crippen LogP contribution in [0.1, 0.15) is 25.6 Å². The highest BCUT2D eigenvalue weighted by atomic mass is 16.3. The first-order valence-corrected chi connectivity index (χ1v) is 5.34. The van der Waals surface area contributed by atoms with Crippen LogP contribution in [-0.4, -0.2) is 25.5 Å². The lowest BCUT2D eigenvalue weighted by Crippen LogP contribution is -2.33. The SMILES string of the molecule is CC1C=CC(O)(Cc2ncnn2C)CC1. The normalized spacial score (nSPS) is 30.7. The van der Waals surface area contributed by atoms with Gasteiger partial charge in [0.2, 0.25) is 0 Å². The zero-order valence-electron chi connectivity index (χ0n) is 9.22. The second-order valence-corrected chi connectivity index (χ2v) is 4.46. The molecule has 1 N–H and O–H groups in total. The second kappa shape index (κ2) is 3.77. The van der Waals surface area contributed by atoms with E-state index in [2.05, 4.69) is 23.1 Å². The smallest absolute Gasteiger partial charge is 0.138 e. The fourth-order valence-electron chi connectivity index (χ4n) is 1.90. The van der Waals surface area contributed by atoms with Gasteiger partial charge in [0, 0.05) is 13.5 Å². The Morgan fingerprint density at radius 1 is 1.67 bits per heavy atom. The predicted molar refractivity (Wildman–Crippen MR) is 57.2 cm³/mol. The van der Waals surface area contributed by atoms with Crippen molar-refractivity contribution in [3.63, 3.8) is 0 Å². The number of hydrogen-bond donors (Lipinski definition) is 1. The summed E-state index contributed by atoms with van der Waals surface area (Å²) >= 11 is 0. The van der Waals surface area contributed by atoms with E-state index >= 15 is 0 Å². The molecule has 0 radical (unpaired) electrons. The van der Waals surface area contributed by atoms with Crippen LogP contribution in [0.2, 0.25) is 0 Å². The average molecular weight is 207 g/mol. The molecule has 1 aromatic heterocycles. The Hall–Kier alpha value is -1.16. The van der Waals surface area contributed by atoms with Crippen LogP contribution in [0, 0.1) is 5.92 Å². The summed E-state index contributed by atoms with van der Waals surface area (Å²) < 4.78 is 1.71. The Balaban J connectivity index is 2.12. The van der Waals surface area contributed by atoms with E-state index in [4.69, 9.17) is 0 Å². The number of hydrogen-bond acceptors (Lipinski definition) is 3. The van der Waals surface area contributed by atoms with Crippen molar-refractivity contribution in [3.05, 3.63) is 24.3 Å². The van der Waals surface area contributed by atoms with Gasteiger partial charge in [-0.1, -0.05) is 19.1 Å². The van der Waals surface area contributed by atoms with Crippen molar-refractivity contribution in [2.45, 2.75) is 31.8 Å². The van der Waals surface area contributed by atoms with E-state index in [1.54, 1.807) is 4.68 Å². The lowest BCUT2D eigenvalue weighted by molar-refractivity contribution is 0.0671. The maximum Gasteiger partial charge on any atom is 0.138 e. The summed E-state index contributed by atoms with van der Waals surface area (Å²) in [5, 5.41) is 14.3. The van der Waals surface area contributed by atoms with Gasteiger partial charge < -0.3 is 5.11 Å². The third-order valence-electron chi connectivity index (χ3n) is 3.04. The third kappa shape index (κ3) is 2.26. The Bertz CT molecular complexity index is 372. The van der Waals surface area contributed by atoms with Crippen molar-refractivity contribution in [1.29, 1.82) is 0 Å². The quantitative estimate of drug-likeness (QED) is 0.738. The molecule has 0 spiro atoms. The van der Waals surface area contributed by atoms with Gasteiger partial charge in [-0.25, -0.2) is 4.98 Å². The van der Waals surface area contributed by atoms with Gasteiger partial charge in [-0.15, -0.1) is 0 Å². The van der Waals surface area contributed by atoms with Crippen LogP contribution < -0.4 is 0 Å². The maximum absolute atomic E-state index is 10.3. The summed E-state index contributed by atoms with van der Waals surface area (Å²) in [6.45, 7) is 2.17. The van der Waals surface area contributed by atoms with Gasteiger partial charge in [0.1, 0.15) is 12.2 Å². The molecular weight excluding hydrogens is 190 g/mol. The number of allylic oxidation sites excluding steroid dienone is 1. The molecule has 1 aliphatic rings. The molecule has 2 rings (SSSR count). The average Bonchev–Trinajstić information content (AvgIpc) is 2.58. The molecule has 2 unspecified atom stereocenters. The third-order valence-corrected chi connectivity index (χ3v) is 3.04. The van der Waals surface area contributed by atoms with Crippen molar-refractivity contribution in [3.8, 4) is 0 Å². The maximum atomic E-state index is 10.3. The standard InChI is InChI=1S/C11H17N3O/c1-9-3-5-11(15,6-4-9)7-10-12-8-13-14(10)2/h3,5,8-9,15H,4,6-7H2,1-2H3. The lowest BCUT2D eigenvalue weighted by atomic mass is 9.84. The zero-order valence-corrected chi connectivity index (χ0v) is 9.22. The van der Waals surface area contributed by atoms with Crippen molar-refractivity contribution in [2.24, 2.45) is 13.0 Å². The van der Waals surface area contributed by atoms with Crippen molar-refractivity contribution < 1.29 is 5.11 Å². The minimum absolute atomic E-state index is 0.548. The zero-order chi connectivity index (χ0) is 10.9. The molecule has 1 heterocycles. The first-order chi connectivity index (χ1) is 7.09. The summed E-state index contributed by atoms with van der Waals surface area (Å²) in [4.78, 5) is 4.13. The fourth-order valence-corrected chi connectivity index (χ4v) is 1.90. The molecule has 0 bridgehead atoms. The molecule has 4 heteroatoms. The molecule has 15 heavy (non-hydrogen) atoms. The van der Waals surface area contributed by atoms with E-state index in [0.717, 1.165) is 18.7 Å². The molecule has 0 aromatic carbocycles. The first kappa shape index (κ1) is 10.4. The fraction of sp³-hybridized carbons (Fsp3) is 0.636. The van der Waals surface area contributed by atoms with Crippen molar-refractivity contribution >= 4 is 0 Å². The van der Waals surface area contributed by atoms with E-state index in [-0.39, 0.29) is 0 Å². The van der Waals surface area contributed by atoms with Crippen LogP contribution in [0.5, 0.6) is 0 Å². The molecule has 0 saturated heterocycles. The van der Waals surface area contributed by atoms with E-state index < -0.39 is 5.60 Å². The molecule has 2 atom stereocenters. The van der Waals surface area contributed by atoms with Crippen LogP contribution in [-0.2, 0) is 13.5 Å². The minimum Gasteiger partial charge on any atom is -0.385 e. The van der Waals surface area contributed by atoms with Crippen LogP contribution in [0.3, 0.4) is 0 Å². The van der Waals surface area contributed by atoms with Crippen LogP contribution in [0.25, 0.3) is 0 Å². The molecule has 1 aliphatic carbocycles. The van der Waals surface area contributed by atoms with Gasteiger partial charge in [-0.05, 0) is 18.8 Å². The van der Waals surface area contributed by atoms with Crippen molar-refractivity contribution in [1.82, 2.24) is 14.8 Å². The molecule has 0 aliphatic heterocycles. The second-order valence-electron chi connectivity index (χ2n) is 4.46. The molecule has 0 amide bonds. The Kier molecular flexibility index (Phi) is 2.61. The van der Waals surface area contributed by atoms with Gasteiger partial charge in [-0.3, -0.25) is 4.68 Å². The summed E-state index contributed by atoms with van der Waals surface area (Å²) in [6, 6.07) is 0. The predicted octanol–water partition coefficient (Wildman–Crippen LogP) is 1.07. The van der Waals surface area contributed by atoms with Crippen LogP contribution in [0.15, 0.2) is 18.5 Å². The highest BCUT2D eigenvalue weighted by Gasteiger charge is 2.29. The molecule has 0 fully saturated rings. The Labute approximate surface area is 89.6 Å². The number of nitrogens with zero attached hydrogens (tertiary/aromatic N) is 3. The summed E-state index contributed by atoms with van der Waals surface area (Å²) in [7, 11) is 1.85.